The number of fused-ring (bicyclic) bond motifs is 2. The number of benzene rings is 1. The summed E-state index contributed by atoms with van der Waals surface area (Å²) >= 11 is 3.35. The summed E-state index contributed by atoms with van der Waals surface area (Å²) in [7, 11) is 1.43. The van der Waals surface area contributed by atoms with Gasteiger partial charge in [0, 0.05) is 36.2 Å². The number of methoxy groups -OCH3 is 1. The molecule has 2 N–H and O–H groups in total. The van der Waals surface area contributed by atoms with Crippen molar-refractivity contribution in [3.05, 3.63) is 47.1 Å². The van der Waals surface area contributed by atoms with Crippen molar-refractivity contribution >= 4 is 38.7 Å². The molecule has 35 heavy (non-hydrogen) atoms. The average molecular weight is 538 g/mol. The second-order valence-corrected chi connectivity index (χ2v) is 10.0. The van der Waals surface area contributed by atoms with Crippen molar-refractivity contribution in [1.82, 2.24) is 19.4 Å². The Labute approximate surface area is 211 Å². The topological polar surface area (TPSA) is 86.3 Å². The maximum Gasteiger partial charge on any atom is 0.245 e. The number of anilines is 1. The molecule has 3 aromatic rings. The van der Waals surface area contributed by atoms with Gasteiger partial charge < -0.3 is 19.9 Å². The summed E-state index contributed by atoms with van der Waals surface area (Å²) in [4.78, 5) is 22.4. The monoisotopic (exact) mass is 537 g/mol. The normalized spacial score (nSPS) is 20.5. The van der Waals surface area contributed by atoms with E-state index in [2.05, 4.69) is 44.3 Å². The Morgan fingerprint density at radius 1 is 1.34 bits per heavy atom. The molecule has 3 atom stereocenters. The summed E-state index contributed by atoms with van der Waals surface area (Å²) in [6.07, 6.45) is 2.76. The van der Waals surface area contributed by atoms with Gasteiger partial charge in [0.1, 0.15) is 23.5 Å². The third kappa shape index (κ3) is 3.67. The summed E-state index contributed by atoms with van der Waals surface area (Å²) in [5.74, 6) is 7.45. The number of carbonyl (C=O) groups is 1. The van der Waals surface area contributed by atoms with Gasteiger partial charge in [-0.15, -0.1) is 0 Å². The highest BCUT2D eigenvalue weighted by Gasteiger charge is 2.55. The maximum absolute atomic E-state index is 15.7. The van der Waals surface area contributed by atoms with Gasteiger partial charge in [-0.25, -0.2) is 14.4 Å². The first-order valence-electron chi connectivity index (χ1n) is 11.4. The fourth-order valence-corrected chi connectivity index (χ4v) is 5.63. The highest BCUT2D eigenvalue weighted by Crippen LogP contribution is 2.51. The zero-order valence-corrected chi connectivity index (χ0v) is 21.3. The second kappa shape index (κ2) is 8.68. The predicted octanol–water partition coefficient (Wildman–Crippen LogP) is 4.41. The number of ether oxygens (including phenoxy) is 1. The number of hydrogen-bond acceptors (Lipinski definition) is 5. The van der Waals surface area contributed by atoms with Gasteiger partial charge in [-0.05, 0) is 65.7 Å². The summed E-state index contributed by atoms with van der Waals surface area (Å²) in [6, 6.07) is 3.41. The van der Waals surface area contributed by atoms with Gasteiger partial charge in [-0.1, -0.05) is 12.5 Å². The lowest BCUT2D eigenvalue weighted by Crippen LogP contribution is -2.29. The van der Waals surface area contributed by atoms with E-state index in [1.54, 1.807) is 12.1 Å². The summed E-state index contributed by atoms with van der Waals surface area (Å²) in [5, 5.41) is 0.563. The number of nitrogen functional groups attached to an aromatic ring is 1. The Morgan fingerprint density at radius 3 is 2.69 bits per heavy atom. The van der Waals surface area contributed by atoms with Crippen molar-refractivity contribution < 1.29 is 13.9 Å². The summed E-state index contributed by atoms with van der Waals surface area (Å²) in [5.41, 5.74) is 8.41. The van der Waals surface area contributed by atoms with Crippen molar-refractivity contribution in [2.24, 2.45) is 17.8 Å². The van der Waals surface area contributed by atoms with Gasteiger partial charge in [0.25, 0.3) is 0 Å². The highest BCUT2D eigenvalue weighted by atomic mass is 79.9. The van der Waals surface area contributed by atoms with Crippen LogP contribution in [0.2, 0.25) is 0 Å². The minimum absolute atomic E-state index is 0.00957. The third-order valence-electron chi connectivity index (χ3n) is 6.89. The van der Waals surface area contributed by atoms with Crippen LogP contribution in [0.4, 0.5) is 10.2 Å². The van der Waals surface area contributed by atoms with Crippen molar-refractivity contribution in [2.75, 3.05) is 25.9 Å². The first-order valence-corrected chi connectivity index (χ1v) is 12.2. The molecule has 1 aliphatic heterocycles. The molecule has 1 saturated carbocycles. The molecule has 0 bridgehead atoms. The lowest BCUT2D eigenvalue weighted by Gasteiger charge is -2.16. The molecule has 1 amide bonds. The van der Waals surface area contributed by atoms with Gasteiger partial charge in [-0.2, -0.15) is 0 Å². The Morgan fingerprint density at radius 2 is 2.06 bits per heavy atom. The molecule has 1 aliphatic carbocycles. The minimum atomic E-state index is -0.516. The molecule has 2 fully saturated rings. The number of halogens is 2. The zero-order valence-electron chi connectivity index (χ0n) is 19.7. The number of aromatic nitrogens is 3. The summed E-state index contributed by atoms with van der Waals surface area (Å²) in [6.45, 7) is 8.99. The molecular formula is C26H25BrFN5O2. The lowest BCUT2D eigenvalue weighted by atomic mass is 10.0. The van der Waals surface area contributed by atoms with Gasteiger partial charge in [-0.3, -0.25) is 4.79 Å². The van der Waals surface area contributed by atoms with E-state index in [9.17, 15) is 4.79 Å². The van der Waals surface area contributed by atoms with E-state index in [-0.39, 0.29) is 29.4 Å². The van der Waals surface area contributed by atoms with Crippen LogP contribution in [0, 0.1) is 35.4 Å². The van der Waals surface area contributed by atoms with E-state index < -0.39 is 5.82 Å². The Kier molecular flexibility index (Phi) is 5.80. The smallest absolute Gasteiger partial charge is 0.245 e. The van der Waals surface area contributed by atoms with E-state index >= 15 is 4.39 Å². The molecular weight excluding hydrogens is 513 g/mol. The van der Waals surface area contributed by atoms with Crippen LogP contribution < -0.4 is 10.5 Å². The van der Waals surface area contributed by atoms with Crippen molar-refractivity contribution in [2.45, 2.75) is 19.9 Å². The van der Waals surface area contributed by atoms with Crippen molar-refractivity contribution in [3.63, 3.8) is 0 Å². The van der Waals surface area contributed by atoms with E-state index in [0.29, 0.717) is 57.3 Å². The maximum atomic E-state index is 15.7. The van der Waals surface area contributed by atoms with E-state index in [4.69, 9.17) is 10.5 Å². The lowest BCUT2D eigenvalue weighted by molar-refractivity contribution is -0.125. The van der Waals surface area contributed by atoms with Crippen molar-refractivity contribution in [3.8, 4) is 28.7 Å². The number of rotatable bonds is 4. The Balaban J connectivity index is 1.67. The molecule has 0 spiro atoms. The number of amides is 1. The van der Waals surface area contributed by atoms with Crippen LogP contribution in [-0.4, -0.2) is 45.5 Å². The molecule has 9 heteroatoms. The quantitative estimate of drug-likeness (QED) is 0.393. The number of carbonyl (C=O) groups excluding carboxylic acids is 1. The first kappa shape index (κ1) is 23.4. The molecule has 5 rings (SSSR count). The van der Waals surface area contributed by atoms with Crippen LogP contribution in [0.5, 0.6) is 5.75 Å². The largest absolute Gasteiger partial charge is 0.492 e. The van der Waals surface area contributed by atoms with Crippen LogP contribution in [0.1, 0.15) is 25.6 Å². The average Bonchev–Trinajstić information content (AvgIpc) is 3.15. The van der Waals surface area contributed by atoms with Crippen LogP contribution in [0.15, 0.2) is 35.6 Å². The molecule has 2 aliphatic rings. The molecule has 7 nitrogen and oxygen atoms in total. The Bertz CT molecular complexity index is 1430. The first-order chi connectivity index (χ1) is 16.8. The third-order valence-corrected chi connectivity index (χ3v) is 7.51. The van der Waals surface area contributed by atoms with Crippen LogP contribution in [0.3, 0.4) is 0 Å². The molecule has 180 valence electrons. The van der Waals surface area contributed by atoms with E-state index in [1.165, 1.54) is 19.5 Å². The molecule has 2 aromatic heterocycles. The molecule has 0 radical (unpaired) electrons. The summed E-state index contributed by atoms with van der Waals surface area (Å²) < 4.78 is 23.5. The second-order valence-electron chi connectivity index (χ2n) is 9.16. The van der Waals surface area contributed by atoms with Gasteiger partial charge in [0.2, 0.25) is 5.91 Å². The number of hydrogen-bond donors (Lipinski definition) is 1. The molecule has 1 saturated heterocycles. The van der Waals surface area contributed by atoms with Gasteiger partial charge in [0.15, 0.2) is 11.6 Å². The van der Waals surface area contributed by atoms with E-state index in [1.807, 2.05) is 23.3 Å². The standard InChI is InChI=1S/C26H25BrFN5O2/c1-5-20(34)32-10-16-14(17(16)11-32)7-9-19-21(15-6-8-18(27)24(35-4)23(15)28)22-25(29)30-12-31-26(22)33(19)13(2)3/h5-6,8,12-14,16-17H,1,10-11H2,2-4H3,(H2,29,30,31)/t14?,16-,17+. The number of piperidine rings is 1. The predicted molar refractivity (Wildman–Crippen MR) is 136 cm³/mol. The Hall–Kier alpha value is -3.38. The number of nitrogens with zero attached hydrogens (tertiary/aromatic N) is 4. The zero-order chi connectivity index (χ0) is 25.0. The fourth-order valence-electron chi connectivity index (χ4n) is 5.16. The van der Waals surface area contributed by atoms with Crippen LogP contribution in [-0.2, 0) is 4.79 Å². The van der Waals surface area contributed by atoms with E-state index in [0.717, 1.165) is 0 Å². The molecule has 3 heterocycles. The molecule has 1 aromatic carbocycles. The minimum Gasteiger partial charge on any atom is -0.492 e. The van der Waals surface area contributed by atoms with Gasteiger partial charge >= 0.3 is 0 Å². The van der Waals surface area contributed by atoms with Crippen LogP contribution >= 0.6 is 15.9 Å². The molecule has 1 unspecified atom stereocenters. The number of nitrogens with two attached hydrogens (primary N) is 1. The van der Waals surface area contributed by atoms with Crippen LogP contribution in [0.25, 0.3) is 22.2 Å². The fraction of sp³-hybridized carbons (Fsp3) is 0.346. The highest BCUT2D eigenvalue weighted by molar-refractivity contribution is 9.10. The van der Waals surface area contributed by atoms with Crippen molar-refractivity contribution in [1.29, 1.82) is 0 Å². The SMILES string of the molecule is C=CC(=O)N1C[C@@H]2C(C#Cc3c(-c4ccc(Br)c(OC)c4F)c4c(N)ncnc4n3C(C)C)[C@@H]2C1. The van der Waals surface area contributed by atoms with Gasteiger partial charge in [0.05, 0.1) is 17.0 Å². The number of likely N-dealkylation sites (tertiary alicyclic amines) is 1.